The van der Waals surface area contributed by atoms with Crippen molar-refractivity contribution < 1.29 is 0 Å². The zero-order chi connectivity index (χ0) is 20.1. The minimum atomic E-state index is 0.00132. The quantitative estimate of drug-likeness (QED) is 0.308. The fraction of sp³-hybridized carbons (Fsp3) is 0.259. The van der Waals surface area contributed by atoms with Crippen LogP contribution in [0.25, 0.3) is 22.8 Å². The number of fused-ring (bicyclic) bond motifs is 2. The molecule has 2 aromatic rings. The Hall–Kier alpha value is -1.87. The van der Waals surface area contributed by atoms with E-state index in [2.05, 4.69) is 112 Å². The van der Waals surface area contributed by atoms with E-state index in [4.69, 9.17) is 0 Å². The molecule has 0 saturated heterocycles. The van der Waals surface area contributed by atoms with Crippen LogP contribution in [0.4, 0.5) is 0 Å². The lowest BCUT2D eigenvalue weighted by atomic mass is 9.79. The van der Waals surface area contributed by atoms with Gasteiger partial charge in [-0.25, -0.2) is 0 Å². The molecular formula is C27H27I. The Morgan fingerprint density at radius 3 is 2.64 bits per heavy atom. The summed E-state index contributed by atoms with van der Waals surface area (Å²) in [5, 5.41) is 0. The van der Waals surface area contributed by atoms with Crippen LogP contribution in [0.15, 0.2) is 66.8 Å². The SMILES string of the molecule is C=C/C=C\C1=C(C)c2ccc(-c3ccc(I)c4c3C=CC[C@@H]4C)cc2C1(C)C. The molecule has 2 aromatic carbocycles. The highest BCUT2D eigenvalue weighted by atomic mass is 127. The molecule has 2 aliphatic rings. The van der Waals surface area contributed by atoms with Gasteiger partial charge in [-0.05, 0) is 98.5 Å². The third-order valence-corrected chi connectivity index (χ3v) is 7.33. The number of allylic oxidation sites excluding steroid dienone is 6. The first-order chi connectivity index (χ1) is 13.4. The van der Waals surface area contributed by atoms with Gasteiger partial charge in [-0.1, -0.05) is 75.9 Å². The van der Waals surface area contributed by atoms with Gasteiger partial charge in [0.1, 0.15) is 0 Å². The molecule has 0 spiro atoms. The molecule has 0 fully saturated rings. The third-order valence-electron chi connectivity index (χ3n) is 6.39. The molecule has 0 heterocycles. The number of halogens is 1. The van der Waals surface area contributed by atoms with E-state index in [9.17, 15) is 0 Å². The molecule has 1 atom stereocenters. The maximum atomic E-state index is 3.83. The summed E-state index contributed by atoms with van der Waals surface area (Å²) in [5.74, 6) is 0.581. The van der Waals surface area contributed by atoms with Gasteiger partial charge in [-0.3, -0.25) is 0 Å². The molecule has 4 rings (SSSR count). The van der Waals surface area contributed by atoms with Crippen molar-refractivity contribution in [3.8, 4) is 11.1 Å². The van der Waals surface area contributed by atoms with Gasteiger partial charge in [-0.15, -0.1) is 0 Å². The molecule has 1 heteroatoms. The Labute approximate surface area is 182 Å². The predicted octanol–water partition coefficient (Wildman–Crippen LogP) is 8.29. The molecule has 0 amide bonds. The second-order valence-electron chi connectivity index (χ2n) is 8.48. The van der Waals surface area contributed by atoms with Gasteiger partial charge in [0.2, 0.25) is 0 Å². The fourth-order valence-electron chi connectivity index (χ4n) is 4.86. The Kier molecular flexibility index (Phi) is 4.99. The summed E-state index contributed by atoms with van der Waals surface area (Å²) in [6.45, 7) is 13.1. The molecule has 28 heavy (non-hydrogen) atoms. The third kappa shape index (κ3) is 2.95. The maximum absolute atomic E-state index is 3.83. The van der Waals surface area contributed by atoms with Crippen molar-refractivity contribution in [2.24, 2.45) is 0 Å². The maximum Gasteiger partial charge on any atom is 0.0171 e. The van der Waals surface area contributed by atoms with Gasteiger partial charge in [0.05, 0.1) is 0 Å². The minimum Gasteiger partial charge on any atom is -0.0991 e. The first-order valence-electron chi connectivity index (χ1n) is 10.0. The van der Waals surface area contributed by atoms with Gasteiger partial charge in [-0.2, -0.15) is 0 Å². The summed E-state index contributed by atoms with van der Waals surface area (Å²) in [6.07, 6.45) is 11.9. The molecular weight excluding hydrogens is 451 g/mol. The van der Waals surface area contributed by atoms with E-state index in [0.29, 0.717) is 5.92 Å². The number of benzene rings is 2. The first kappa shape index (κ1) is 19.4. The van der Waals surface area contributed by atoms with Crippen LogP contribution in [-0.4, -0.2) is 0 Å². The highest BCUT2D eigenvalue weighted by molar-refractivity contribution is 14.1. The van der Waals surface area contributed by atoms with Crippen molar-refractivity contribution in [1.82, 2.24) is 0 Å². The molecule has 0 saturated carbocycles. The highest BCUT2D eigenvalue weighted by Gasteiger charge is 2.35. The van der Waals surface area contributed by atoms with Crippen LogP contribution >= 0.6 is 22.6 Å². The lowest BCUT2D eigenvalue weighted by Gasteiger charge is -2.25. The number of hydrogen-bond donors (Lipinski definition) is 0. The largest absolute Gasteiger partial charge is 0.0991 e. The Morgan fingerprint density at radius 2 is 1.89 bits per heavy atom. The zero-order valence-electron chi connectivity index (χ0n) is 17.1. The first-order valence-corrected chi connectivity index (χ1v) is 11.1. The van der Waals surface area contributed by atoms with Crippen LogP contribution in [0.2, 0.25) is 0 Å². The molecule has 142 valence electrons. The van der Waals surface area contributed by atoms with Gasteiger partial charge in [0.15, 0.2) is 0 Å². The number of hydrogen-bond acceptors (Lipinski definition) is 0. The van der Waals surface area contributed by atoms with Crippen molar-refractivity contribution in [3.05, 3.63) is 92.6 Å². The van der Waals surface area contributed by atoms with Gasteiger partial charge in [0, 0.05) is 8.99 Å². The van der Waals surface area contributed by atoms with E-state index in [0.717, 1.165) is 6.42 Å². The lowest BCUT2D eigenvalue weighted by Crippen LogP contribution is -2.16. The molecule has 0 unspecified atom stereocenters. The number of rotatable bonds is 3. The summed E-state index contributed by atoms with van der Waals surface area (Å²) < 4.78 is 1.38. The molecule has 0 bridgehead atoms. The Balaban J connectivity index is 1.87. The predicted molar refractivity (Wildman–Crippen MR) is 132 cm³/mol. The zero-order valence-corrected chi connectivity index (χ0v) is 19.3. The molecule has 0 aliphatic heterocycles. The summed E-state index contributed by atoms with van der Waals surface area (Å²) in [7, 11) is 0. The van der Waals surface area contributed by atoms with E-state index in [1.165, 1.54) is 48.1 Å². The van der Waals surface area contributed by atoms with Crippen molar-refractivity contribution in [2.45, 2.75) is 45.4 Å². The second kappa shape index (κ2) is 7.18. The minimum absolute atomic E-state index is 0.00132. The molecule has 0 aromatic heterocycles. The highest BCUT2D eigenvalue weighted by Crippen LogP contribution is 2.48. The summed E-state index contributed by atoms with van der Waals surface area (Å²) in [4.78, 5) is 0. The van der Waals surface area contributed by atoms with Crippen LogP contribution in [0.1, 0.15) is 62.3 Å². The van der Waals surface area contributed by atoms with E-state index < -0.39 is 0 Å². The molecule has 0 N–H and O–H groups in total. The molecule has 2 aliphatic carbocycles. The van der Waals surface area contributed by atoms with E-state index in [1.54, 1.807) is 0 Å². The van der Waals surface area contributed by atoms with Crippen molar-refractivity contribution in [2.75, 3.05) is 0 Å². The van der Waals surface area contributed by atoms with Crippen molar-refractivity contribution >= 4 is 34.2 Å². The van der Waals surface area contributed by atoms with Crippen LogP contribution in [-0.2, 0) is 5.41 Å². The topological polar surface area (TPSA) is 0 Å². The Bertz CT molecular complexity index is 1060. The molecule has 0 nitrogen and oxygen atoms in total. The van der Waals surface area contributed by atoms with E-state index in [1.807, 2.05) is 6.08 Å². The van der Waals surface area contributed by atoms with Crippen LogP contribution in [0.5, 0.6) is 0 Å². The van der Waals surface area contributed by atoms with Crippen molar-refractivity contribution in [1.29, 1.82) is 0 Å². The van der Waals surface area contributed by atoms with E-state index >= 15 is 0 Å². The smallest absolute Gasteiger partial charge is 0.0171 e. The van der Waals surface area contributed by atoms with Gasteiger partial charge < -0.3 is 0 Å². The second-order valence-corrected chi connectivity index (χ2v) is 9.64. The van der Waals surface area contributed by atoms with Crippen LogP contribution < -0.4 is 0 Å². The lowest BCUT2D eigenvalue weighted by molar-refractivity contribution is 0.654. The monoisotopic (exact) mass is 478 g/mol. The Morgan fingerprint density at radius 1 is 1.14 bits per heavy atom. The van der Waals surface area contributed by atoms with Gasteiger partial charge >= 0.3 is 0 Å². The average molecular weight is 478 g/mol. The normalized spacial score (nSPS) is 19.8. The van der Waals surface area contributed by atoms with E-state index in [-0.39, 0.29) is 5.41 Å². The van der Waals surface area contributed by atoms with Gasteiger partial charge in [0.25, 0.3) is 0 Å². The summed E-state index contributed by atoms with van der Waals surface area (Å²) >= 11 is 2.49. The standard InChI is InChI=1S/C27H27I/c1-6-7-11-23-18(3)20-13-12-19(16-24(20)27(23,4)5)21-14-15-25(28)26-17(2)9-8-10-22(21)26/h6-8,10-17H,1,9H2,2-5H3/b11-7-/t17-/m0/s1. The summed E-state index contributed by atoms with van der Waals surface area (Å²) in [5.41, 5.74) is 11.1. The van der Waals surface area contributed by atoms with Crippen molar-refractivity contribution in [3.63, 3.8) is 0 Å². The van der Waals surface area contributed by atoms with Crippen LogP contribution in [0.3, 0.4) is 0 Å². The fourth-order valence-corrected chi connectivity index (χ4v) is 5.86. The molecule has 0 radical (unpaired) electrons. The van der Waals surface area contributed by atoms with Crippen LogP contribution in [0, 0.1) is 3.57 Å². The average Bonchev–Trinajstić information content (AvgIpc) is 2.86. The summed E-state index contributed by atoms with van der Waals surface area (Å²) in [6, 6.07) is 11.6.